The van der Waals surface area contributed by atoms with Crippen molar-refractivity contribution in [3.63, 3.8) is 0 Å². The molecule has 1 aliphatic rings. The molecular formula is C13H16FN3O. The van der Waals surface area contributed by atoms with Crippen molar-refractivity contribution in [2.24, 2.45) is 0 Å². The summed E-state index contributed by atoms with van der Waals surface area (Å²) in [6.45, 7) is 1.44. The third-order valence-corrected chi connectivity index (χ3v) is 3.40. The summed E-state index contributed by atoms with van der Waals surface area (Å²) in [4.78, 5) is 4.24. The number of nitrogen functional groups attached to an aromatic ring is 1. The van der Waals surface area contributed by atoms with E-state index in [1.54, 1.807) is 6.07 Å². The maximum absolute atomic E-state index is 13.3. The smallest absolute Gasteiger partial charge is 0.201 e. The quantitative estimate of drug-likeness (QED) is 0.888. The van der Waals surface area contributed by atoms with Crippen LogP contribution in [0.4, 0.5) is 10.3 Å². The first-order valence-electron chi connectivity index (χ1n) is 6.27. The maximum atomic E-state index is 13.3. The zero-order chi connectivity index (χ0) is 12.5. The molecule has 1 atom stereocenters. The SMILES string of the molecule is Nc1nc2ccc(F)cc2n1CC1CCCCO1. The van der Waals surface area contributed by atoms with Gasteiger partial charge in [-0.1, -0.05) is 0 Å². The molecule has 1 fully saturated rings. The largest absolute Gasteiger partial charge is 0.376 e. The van der Waals surface area contributed by atoms with Gasteiger partial charge in [0.2, 0.25) is 5.95 Å². The Labute approximate surface area is 105 Å². The third-order valence-electron chi connectivity index (χ3n) is 3.40. The highest BCUT2D eigenvalue weighted by molar-refractivity contribution is 5.78. The molecule has 5 heteroatoms. The predicted octanol–water partition coefficient (Wildman–Crippen LogP) is 2.33. The van der Waals surface area contributed by atoms with Crippen LogP contribution in [0.1, 0.15) is 19.3 Å². The Bertz CT molecular complexity index is 561. The fraction of sp³-hybridized carbons (Fsp3) is 0.462. The molecule has 2 N–H and O–H groups in total. The Morgan fingerprint density at radius 1 is 1.44 bits per heavy atom. The van der Waals surface area contributed by atoms with Crippen molar-refractivity contribution in [3.05, 3.63) is 24.0 Å². The van der Waals surface area contributed by atoms with E-state index in [1.807, 2.05) is 4.57 Å². The minimum atomic E-state index is -0.270. The second-order valence-electron chi connectivity index (χ2n) is 4.70. The monoisotopic (exact) mass is 249 g/mol. The molecule has 0 amide bonds. The van der Waals surface area contributed by atoms with Gasteiger partial charge < -0.3 is 15.0 Å². The lowest BCUT2D eigenvalue weighted by atomic mass is 10.1. The molecule has 18 heavy (non-hydrogen) atoms. The number of benzene rings is 1. The second kappa shape index (κ2) is 4.57. The summed E-state index contributed by atoms with van der Waals surface area (Å²) in [5, 5.41) is 0. The van der Waals surface area contributed by atoms with Gasteiger partial charge in [-0.2, -0.15) is 0 Å². The Hall–Kier alpha value is -1.62. The number of anilines is 1. The maximum Gasteiger partial charge on any atom is 0.201 e. The van der Waals surface area contributed by atoms with E-state index in [1.165, 1.54) is 18.6 Å². The number of imidazole rings is 1. The first-order chi connectivity index (χ1) is 8.74. The molecule has 0 spiro atoms. The molecule has 0 bridgehead atoms. The normalized spacial score (nSPS) is 20.4. The highest BCUT2D eigenvalue weighted by Crippen LogP contribution is 2.22. The van der Waals surface area contributed by atoms with Crippen molar-refractivity contribution in [2.45, 2.75) is 31.9 Å². The van der Waals surface area contributed by atoms with E-state index in [4.69, 9.17) is 10.5 Å². The van der Waals surface area contributed by atoms with Crippen molar-refractivity contribution in [2.75, 3.05) is 12.3 Å². The Morgan fingerprint density at radius 3 is 3.11 bits per heavy atom. The molecule has 1 aromatic heterocycles. The topological polar surface area (TPSA) is 53.1 Å². The molecule has 1 aliphatic heterocycles. The van der Waals surface area contributed by atoms with E-state index in [-0.39, 0.29) is 11.9 Å². The van der Waals surface area contributed by atoms with Crippen molar-refractivity contribution in [1.82, 2.24) is 9.55 Å². The van der Waals surface area contributed by atoms with Crippen molar-refractivity contribution >= 4 is 17.0 Å². The molecular weight excluding hydrogens is 233 g/mol. The summed E-state index contributed by atoms with van der Waals surface area (Å²) in [6, 6.07) is 4.52. The molecule has 1 unspecified atom stereocenters. The van der Waals surface area contributed by atoms with Crippen molar-refractivity contribution in [3.8, 4) is 0 Å². The van der Waals surface area contributed by atoms with Gasteiger partial charge in [0.05, 0.1) is 23.7 Å². The van der Waals surface area contributed by atoms with Crippen LogP contribution in [0, 0.1) is 5.82 Å². The summed E-state index contributed by atoms with van der Waals surface area (Å²) in [7, 11) is 0. The Morgan fingerprint density at radius 2 is 2.33 bits per heavy atom. The lowest BCUT2D eigenvalue weighted by Gasteiger charge is -2.23. The third kappa shape index (κ3) is 2.06. The number of nitrogens with two attached hydrogens (primary N) is 1. The first-order valence-corrected chi connectivity index (χ1v) is 6.27. The fourth-order valence-electron chi connectivity index (χ4n) is 2.46. The van der Waals surface area contributed by atoms with Gasteiger partial charge in [0, 0.05) is 6.61 Å². The minimum absolute atomic E-state index is 0.154. The summed E-state index contributed by atoms with van der Waals surface area (Å²) in [5.41, 5.74) is 7.36. The lowest BCUT2D eigenvalue weighted by molar-refractivity contribution is 0.00694. The second-order valence-corrected chi connectivity index (χ2v) is 4.70. The molecule has 96 valence electrons. The number of ether oxygens (including phenoxy) is 1. The molecule has 1 aromatic carbocycles. The fourth-order valence-corrected chi connectivity index (χ4v) is 2.46. The zero-order valence-electron chi connectivity index (χ0n) is 10.1. The van der Waals surface area contributed by atoms with Crippen LogP contribution in [0.5, 0.6) is 0 Å². The van der Waals surface area contributed by atoms with E-state index >= 15 is 0 Å². The highest BCUT2D eigenvalue weighted by Gasteiger charge is 2.17. The number of aromatic nitrogens is 2. The Kier molecular flexibility index (Phi) is 2.91. The summed E-state index contributed by atoms with van der Waals surface area (Å²) >= 11 is 0. The van der Waals surface area contributed by atoms with Crippen LogP contribution in [0.2, 0.25) is 0 Å². The Balaban J connectivity index is 1.94. The highest BCUT2D eigenvalue weighted by atomic mass is 19.1. The average Bonchev–Trinajstić information content (AvgIpc) is 2.67. The zero-order valence-corrected chi connectivity index (χ0v) is 10.1. The molecule has 1 saturated heterocycles. The standard InChI is InChI=1S/C13H16FN3O/c14-9-4-5-11-12(7-9)17(13(15)16-11)8-10-3-1-2-6-18-10/h4-5,7,10H,1-3,6,8H2,(H2,15,16). The van der Waals surface area contributed by atoms with Gasteiger partial charge >= 0.3 is 0 Å². The molecule has 0 radical (unpaired) electrons. The van der Waals surface area contributed by atoms with E-state index in [2.05, 4.69) is 4.98 Å². The van der Waals surface area contributed by atoms with Gasteiger partial charge in [0.1, 0.15) is 5.82 Å². The van der Waals surface area contributed by atoms with E-state index in [0.717, 1.165) is 30.5 Å². The van der Waals surface area contributed by atoms with Gasteiger partial charge in [0.25, 0.3) is 0 Å². The summed E-state index contributed by atoms with van der Waals surface area (Å²) in [6.07, 6.45) is 3.47. The number of fused-ring (bicyclic) bond motifs is 1. The number of nitrogens with zero attached hydrogens (tertiary/aromatic N) is 2. The van der Waals surface area contributed by atoms with E-state index < -0.39 is 0 Å². The number of hydrogen-bond acceptors (Lipinski definition) is 3. The summed E-state index contributed by atoms with van der Waals surface area (Å²) in [5.74, 6) is 0.151. The average molecular weight is 249 g/mol. The lowest BCUT2D eigenvalue weighted by Crippen LogP contribution is -2.25. The van der Waals surface area contributed by atoms with Gasteiger partial charge in [-0.25, -0.2) is 9.37 Å². The van der Waals surface area contributed by atoms with Crippen LogP contribution in [0.3, 0.4) is 0 Å². The van der Waals surface area contributed by atoms with Crippen molar-refractivity contribution in [1.29, 1.82) is 0 Å². The molecule has 0 saturated carbocycles. The van der Waals surface area contributed by atoms with Crippen LogP contribution >= 0.6 is 0 Å². The molecule has 2 aromatic rings. The number of halogens is 1. The van der Waals surface area contributed by atoms with Crippen LogP contribution < -0.4 is 5.73 Å². The van der Waals surface area contributed by atoms with E-state index in [0.29, 0.717) is 12.5 Å². The number of hydrogen-bond donors (Lipinski definition) is 1. The van der Waals surface area contributed by atoms with Crippen LogP contribution in [0.15, 0.2) is 18.2 Å². The van der Waals surface area contributed by atoms with Crippen LogP contribution in [-0.4, -0.2) is 22.3 Å². The van der Waals surface area contributed by atoms with Gasteiger partial charge in [-0.05, 0) is 37.5 Å². The minimum Gasteiger partial charge on any atom is -0.376 e. The molecule has 4 nitrogen and oxygen atoms in total. The van der Waals surface area contributed by atoms with Gasteiger partial charge in [-0.15, -0.1) is 0 Å². The predicted molar refractivity (Wildman–Crippen MR) is 67.7 cm³/mol. The molecule has 2 heterocycles. The van der Waals surface area contributed by atoms with Crippen molar-refractivity contribution < 1.29 is 9.13 Å². The van der Waals surface area contributed by atoms with Gasteiger partial charge in [-0.3, -0.25) is 0 Å². The first kappa shape index (κ1) is 11.5. The van der Waals surface area contributed by atoms with Crippen LogP contribution in [-0.2, 0) is 11.3 Å². The summed E-state index contributed by atoms with van der Waals surface area (Å²) < 4.78 is 20.8. The molecule has 3 rings (SSSR count). The van der Waals surface area contributed by atoms with Crippen LogP contribution in [0.25, 0.3) is 11.0 Å². The number of rotatable bonds is 2. The van der Waals surface area contributed by atoms with Gasteiger partial charge in [0.15, 0.2) is 0 Å². The van der Waals surface area contributed by atoms with E-state index in [9.17, 15) is 4.39 Å². The molecule has 0 aliphatic carbocycles.